The molecule has 10 heteroatoms. The standard InChI is InChI=1S/C13H18N2O6S.ClH/c1-14-4-5-15-22(18,19)11-7-9(12(16)20-2)6-10(8-11)13(17)21-3;/h6-8,14-15H,4-5H2,1-3H3;1H. The lowest BCUT2D eigenvalue weighted by Crippen LogP contribution is -2.30. The molecule has 0 fully saturated rings. The van der Waals surface area contributed by atoms with Crippen LogP contribution in [0.5, 0.6) is 0 Å². The number of ether oxygens (including phenoxy) is 2. The van der Waals surface area contributed by atoms with E-state index in [1.807, 2.05) is 0 Å². The van der Waals surface area contributed by atoms with Crippen LogP contribution in [-0.2, 0) is 19.5 Å². The molecular formula is C13H19ClN2O6S. The van der Waals surface area contributed by atoms with Crippen molar-refractivity contribution in [3.05, 3.63) is 29.3 Å². The zero-order valence-electron chi connectivity index (χ0n) is 12.9. The summed E-state index contributed by atoms with van der Waals surface area (Å²) in [5.41, 5.74) is -0.112. The van der Waals surface area contributed by atoms with Crippen LogP contribution < -0.4 is 10.0 Å². The fourth-order valence-electron chi connectivity index (χ4n) is 1.62. The second-order valence-electron chi connectivity index (χ2n) is 4.23. The quantitative estimate of drug-likeness (QED) is 0.523. The Bertz CT molecular complexity index is 628. The number of carbonyl (C=O) groups excluding carboxylic acids is 2. The monoisotopic (exact) mass is 366 g/mol. The van der Waals surface area contributed by atoms with Crippen LogP contribution in [0.3, 0.4) is 0 Å². The van der Waals surface area contributed by atoms with Crippen molar-refractivity contribution in [2.75, 3.05) is 34.4 Å². The molecule has 0 heterocycles. The largest absolute Gasteiger partial charge is 0.465 e. The van der Waals surface area contributed by atoms with E-state index in [1.165, 1.54) is 6.07 Å². The number of esters is 2. The third-order valence-electron chi connectivity index (χ3n) is 2.73. The third-order valence-corrected chi connectivity index (χ3v) is 4.17. The second kappa shape index (κ2) is 9.46. The van der Waals surface area contributed by atoms with Crippen LogP contribution in [0.15, 0.2) is 23.1 Å². The van der Waals surface area contributed by atoms with E-state index in [4.69, 9.17) is 0 Å². The molecule has 0 unspecified atom stereocenters. The first kappa shape index (κ1) is 21.3. The number of sulfonamides is 1. The van der Waals surface area contributed by atoms with Crippen molar-refractivity contribution in [1.82, 2.24) is 10.0 Å². The molecule has 0 aliphatic rings. The molecule has 0 radical (unpaired) electrons. The molecule has 23 heavy (non-hydrogen) atoms. The van der Waals surface area contributed by atoms with Gasteiger partial charge in [0, 0.05) is 13.1 Å². The summed E-state index contributed by atoms with van der Waals surface area (Å²) in [6.45, 7) is 0.592. The minimum absolute atomic E-state index is 0. The van der Waals surface area contributed by atoms with Gasteiger partial charge < -0.3 is 14.8 Å². The first-order chi connectivity index (χ1) is 10.4. The lowest BCUT2D eigenvalue weighted by molar-refractivity contribution is 0.0598. The Hall–Kier alpha value is -1.68. The summed E-state index contributed by atoms with van der Waals surface area (Å²) in [7, 11) is 0.134. The highest BCUT2D eigenvalue weighted by Gasteiger charge is 2.20. The molecule has 0 bridgehead atoms. The van der Waals surface area contributed by atoms with Crippen LogP contribution in [-0.4, -0.2) is 54.7 Å². The van der Waals surface area contributed by atoms with Gasteiger partial charge in [-0.3, -0.25) is 0 Å². The maximum Gasteiger partial charge on any atom is 0.337 e. The molecule has 1 aromatic carbocycles. The van der Waals surface area contributed by atoms with E-state index in [9.17, 15) is 18.0 Å². The van der Waals surface area contributed by atoms with Gasteiger partial charge in [0.2, 0.25) is 10.0 Å². The predicted molar refractivity (Wildman–Crippen MR) is 85.5 cm³/mol. The van der Waals surface area contributed by atoms with Gasteiger partial charge in [-0.05, 0) is 25.2 Å². The Morgan fingerprint density at radius 1 is 1.00 bits per heavy atom. The predicted octanol–water partition coefficient (Wildman–Crippen LogP) is 0.179. The van der Waals surface area contributed by atoms with E-state index < -0.39 is 22.0 Å². The molecule has 0 aliphatic carbocycles. The fraction of sp³-hybridized carbons (Fsp3) is 0.385. The summed E-state index contributed by atoms with van der Waals surface area (Å²) >= 11 is 0. The number of halogens is 1. The highest BCUT2D eigenvalue weighted by atomic mass is 35.5. The van der Waals surface area contributed by atoms with Crippen LogP contribution in [0.4, 0.5) is 0 Å². The summed E-state index contributed by atoms with van der Waals surface area (Å²) in [4.78, 5) is 23.0. The molecule has 2 N–H and O–H groups in total. The van der Waals surface area contributed by atoms with E-state index in [0.717, 1.165) is 26.4 Å². The van der Waals surface area contributed by atoms with Gasteiger partial charge in [0.1, 0.15) is 0 Å². The molecule has 0 aliphatic heterocycles. The fourth-order valence-corrected chi connectivity index (χ4v) is 2.72. The van der Waals surface area contributed by atoms with Crippen molar-refractivity contribution in [3.63, 3.8) is 0 Å². The van der Waals surface area contributed by atoms with Crippen LogP contribution >= 0.6 is 12.4 Å². The second-order valence-corrected chi connectivity index (χ2v) is 6.00. The van der Waals surface area contributed by atoms with Crippen molar-refractivity contribution in [3.8, 4) is 0 Å². The van der Waals surface area contributed by atoms with E-state index in [1.54, 1.807) is 7.05 Å². The van der Waals surface area contributed by atoms with Crippen molar-refractivity contribution < 1.29 is 27.5 Å². The lowest BCUT2D eigenvalue weighted by atomic mass is 10.1. The van der Waals surface area contributed by atoms with Crippen molar-refractivity contribution in [1.29, 1.82) is 0 Å². The van der Waals surface area contributed by atoms with Crippen molar-refractivity contribution >= 4 is 34.4 Å². The molecule has 0 amide bonds. The minimum atomic E-state index is -3.87. The molecule has 0 aromatic heterocycles. The number of nitrogens with one attached hydrogen (secondary N) is 2. The van der Waals surface area contributed by atoms with Crippen LogP contribution in [0.1, 0.15) is 20.7 Å². The number of benzene rings is 1. The average Bonchev–Trinajstić information content (AvgIpc) is 2.52. The Morgan fingerprint density at radius 2 is 1.48 bits per heavy atom. The molecule has 130 valence electrons. The number of likely N-dealkylation sites (N-methyl/N-ethyl adjacent to an activating group) is 1. The maximum absolute atomic E-state index is 12.2. The zero-order valence-corrected chi connectivity index (χ0v) is 14.5. The lowest BCUT2D eigenvalue weighted by Gasteiger charge is -2.10. The first-order valence-corrected chi connectivity index (χ1v) is 7.80. The highest BCUT2D eigenvalue weighted by molar-refractivity contribution is 7.89. The number of carbonyl (C=O) groups is 2. The minimum Gasteiger partial charge on any atom is -0.465 e. The summed E-state index contributed by atoms with van der Waals surface area (Å²) in [5.74, 6) is -1.50. The van der Waals surface area contributed by atoms with Gasteiger partial charge in [0.05, 0.1) is 30.2 Å². The van der Waals surface area contributed by atoms with Gasteiger partial charge in [-0.2, -0.15) is 0 Å². The van der Waals surface area contributed by atoms with Gasteiger partial charge in [0.15, 0.2) is 0 Å². The average molecular weight is 367 g/mol. The molecule has 0 spiro atoms. The van der Waals surface area contributed by atoms with E-state index in [-0.39, 0.29) is 35.0 Å². The number of hydrogen-bond acceptors (Lipinski definition) is 7. The van der Waals surface area contributed by atoms with Gasteiger partial charge in [-0.1, -0.05) is 0 Å². The summed E-state index contributed by atoms with van der Waals surface area (Å²) in [5, 5.41) is 2.79. The van der Waals surface area contributed by atoms with E-state index in [2.05, 4.69) is 19.5 Å². The van der Waals surface area contributed by atoms with E-state index in [0.29, 0.717) is 6.54 Å². The number of hydrogen-bond donors (Lipinski definition) is 2. The molecule has 8 nitrogen and oxygen atoms in total. The third kappa shape index (κ3) is 5.79. The van der Waals surface area contributed by atoms with Gasteiger partial charge in [-0.15, -0.1) is 12.4 Å². The Morgan fingerprint density at radius 3 is 1.87 bits per heavy atom. The van der Waals surface area contributed by atoms with Crippen molar-refractivity contribution in [2.24, 2.45) is 0 Å². The van der Waals surface area contributed by atoms with E-state index >= 15 is 0 Å². The maximum atomic E-state index is 12.2. The highest BCUT2D eigenvalue weighted by Crippen LogP contribution is 2.17. The summed E-state index contributed by atoms with van der Waals surface area (Å²) < 4.78 is 35.8. The van der Waals surface area contributed by atoms with Gasteiger partial charge in [0.25, 0.3) is 0 Å². The number of methoxy groups -OCH3 is 2. The molecule has 1 aromatic rings. The summed E-state index contributed by atoms with van der Waals surface area (Å²) in [6.07, 6.45) is 0. The topological polar surface area (TPSA) is 111 Å². The molecule has 0 atom stereocenters. The van der Waals surface area contributed by atoms with Crippen LogP contribution in [0.25, 0.3) is 0 Å². The normalized spacial score (nSPS) is 10.6. The Labute approximate surface area is 141 Å². The molecular weight excluding hydrogens is 348 g/mol. The molecule has 0 saturated heterocycles. The van der Waals surface area contributed by atoms with Crippen molar-refractivity contribution in [2.45, 2.75) is 4.90 Å². The summed E-state index contributed by atoms with van der Waals surface area (Å²) in [6, 6.07) is 3.49. The molecule has 0 saturated carbocycles. The van der Waals surface area contributed by atoms with Crippen LogP contribution in [0, 0.1) is 0 Å². The Kier molecular flexibility index (Phi) is 8.77. The SMILES string of the molecule is CNCCNS(=O)(=O)c1cc(C(=O)OC)cc(C(=O)OC)c1.Cl. The first-order valence-electron chi connectivity index (χ1n) is 6.31. The van der Waals surface area contributed by atoms with Gasteiger partial charge in [-0.25, -0.2) is 22.7 Å². The Balaban J connectivity index is 0.00000484. The molecule has 1 rings (SSSR count). The van der Waals surface area contributed by atoms with Gasteiger partial charge >= 0.3 is 11.9 Å². The smallest absolute Gasteiger partial charge is 0.337 e. The zero-order chi connectivity index (χ0) is 16.8. The number of rotatable bonds is 7. The van der Waals surface area contributed by atoms with Crippen LogP contribution in [0.2, 0.25) is 0 Å².